The fourth-order valence-corrected chi connectivity index (χ4v) is 2.55. The predicted molar refractivity (Wildman–Crippen MR) is 85.1 cm³/mol. The van der Waals surface area contributed by atoms with Gasteiger partial charge in [-0.05, 0) is 25.8 Å². The average molecular weight is 298 g/mol. The molecule has 0 amide bonds. The van der Waals surface area contributed by atoms with Crippen LogP contribution in [0.25, 0.3) is 0 Å². The Bertz CT molecular complexity index is 583. The quantitative estimate of drug-likeness (QED) is 0.791. The van der Waals surface area contributed by atoms with Crippen LogP contribution in [0.15, 0.2) is 60.7 Å². The molecule has 0 saturated carbocycles. The van der Waals surface area contributed by atoms with E-state index in [2.05, 4.69) is 12.1 Å². The molecule has 0 aromatic heterocycles. The molecule has 22 heavy (non-hydrogen) atoms. The third-order valence-electron chi connectivity index (χ3n) is 3.85. The first kappa shape index (κ1) is 15.2. The van der Waals surface area contributed by atoms with Gasteiger partial charge in [-0.25, -0.2) is 4.89 Å². The molecule has 3 rings (SSSR count). The summed E-state index contributed by atoms with van der Waals surface area (Å²) >= 11 is 0. The number of aryl methyl sites for hydroxylation is 1. The Balaban J connectivity index is 1.81. The molecule has 3 nitrogen and oxygen atoms in total. The van der Waals surface area contributed by atoms with Crippen molar-refractivity contribution < 1.29 is 14.5 Å². The summed E-state index contributed by atoms with van der Waals surface area (Å²) < 4.78 is 6.14. The zero-order chi connectivity index (χ0) is 15.5. The Hall–Kier alpha value is -1.68. The minimum absolute atomic E-state index is 0.426. The Kier molecular flexibility index (Phi) is 4.30. The summed E-state index contributed by atoms with van der Waals surface area (Å²) in [5.41, 5.74) is 1.82. The van der Waals surface area contributed by atoms with Crippen molar-refractivity contribution in [3.63, 3.8) is 0 Å². The normalized spacial score (nSPS) is 24.1. The van der Waals surface area contributed by atoms with Crippen LogP contribution in [0.5, 0.6) is 0 Å². The van der Waals surface area contributed by atoms with Gasteiger partial charge in [0, 0.05) is 12.0 Å². The van der Waals surface area contributed by atoms with Gasteiger partial charge >= 0.3 is 0 Å². The van der Waals surface area contributed by atoms with E-state index in [1.165, 1.54) is 5.56 Å². The molecule has 1 aliphatic heterocycles. The molecule has 1 atom stereocenters. The fraction of sp³-hybridized carbons (Fsp3) is 0.368. The molecule has 1 unspecified atom stereocenters. The smallest absolute Gasteiger partial charge is 0.228 e. The predicted octanol–water partition coefficient (Wildman–Crippen LogP) is 4.23. The fourth-order valence-electron chi connectivity index (χ4n) is 2.55. The second-order valence-corrected chi connectivity index (χ2v) is 6.32. The minimum Gasteiger partial charge on any atom is -0.341 e. The van der Waals surface area contributed by atoms with E-state index in [1.54, 1.807) is 0 Å². The first-order valence-electron chi connectivity index (χ1n) is 7.70. The summed E-state index contributed by atoms with van der Waals surface area (Å²) in [5, 5.41) is 0. The molecule has 116 valence electrons. The molecule has 2 aromatic carbocycles. The third kappa shape index (κ3) is 3.38. The number of ether oxygens (including phenoxy) is 1. The van der Waals surface area contributed by atoms with E-state index in [-0.39, 0.29) is 0 Å². The molecule has 1 saturated heterocycles. The van der Waals surface area contributed by atoms with E-state index >= 15 is 0 Å². The lowest BCUT2D eigenvalue weighted by Gasteiger charge is -2.42. The van der Waals surface area contributed by atoms with Crippen molar-refractivity contribution in [2.45, 2.75) is 38.1 Å². The number of benzene rings is 2. The molecule has 3 heteroatoms. The number of rotatable bonds is 4. The molecule has 0 spiro atoms. The molecule has 0 N–H and O–H groups in total. The van der Waals surface area contributed by atoms with Gasteiger partial charge in [-0.3, -0.25) is 0 Å². The average Bonchev–Trinajstić information content (AvgIpc) is 2.56. The van der Waals surface area contributed by atoms with Crippen molar-refractivity contribution in [3.05, 3.63) is 71.8 Å². The van der Waals surface area contributed by atoms with E-state index in [0.29, 0.717) is 13.0 Å². The van der Waals surface area contributed by atoms with Crippen LogP contribution in [0.4, 0.5) is 0 Å². The van der Waals surface area contributed by atoms with Crippen molar-refractivity contribution >= 4 is 0 Å². The van der Waals surface area contributed by atoms with Gasteiger partial charge in [0.15, 0.2) is 0 Å². The maximum Gasteiger partial charge on any atom is 0.228 e. The molecule has 0 aliphatic carbocycles. The Morgan fingerprint density at radius 3 is 2.09 bits per heavy atom. The summed E-state index contributed by atoms with van der Waals surface area (Å²) in [6, 6.07) is 20.4. The highest BCUT2D eigenvalue weighted by Gasteiger charge is 2.43. The van der Waals surface area contributed by atoms with Crippen LogP contribution in [0, 0.1) is 0 Å². The number of hydrogen-bond acceptors (Lipinski definition) is 3. The molecule has 1 heterocycles. The van der Waals surface area contributed by atoms with Crippen LogP contribution < -0.4 is 0 Å². The van der Waals surface area contributed by atoms with E-state index in [9.17, 15) is 0 Å². The summed E-state index contributed by atoms with van der Waals surface area (Å²) in [4.78, 5) is 11.4. The number of hydrogen-bond donors (Lipinski definition) is 0. The van der Waals surface area contributed by atoms with Crippen LogP contribution in [0.2, 0.25) is 0 Å². The van der Waals surface area contributed by atoms with E-state index in [1.807, 2.05) is 62.4 Å². The lowest BCUT2D eigenvalue weighted by Crippen LogP contribution is -2.47. The van der Waals surface area contributed by atoms with Crippen LogP contribution in [0.1, 0.15) is 31.4 Å². The van der Waals surface area contributed by atoms with Crippen LogP contribution in [-0.4, -0.2) is 12.2 Å². The van der Waals surface area contributed by atoms with Gasteiger partial charge in [0.1, 0.15) is 5.60 Å². The van der Waals surface area contributed by atoms with Crippen molar-refractivity contribution in [1.82, 2.24) is 0 Å². The maximum absolute atomic E-state index is 6.14. The lowest BCUT2D eigenvalue weighted by atomic mass is 9.97. The Morgan fingerprint density at radius 1 is 0.864 bits per heavy atom. The highest BCUT2D eigenvalue weighted by molar-refractivity contribution is 5.22. The second kappa shape index (κ2) is 6.21. The van der Waals surface area contributed by atoms with E-state index < -0.39 is 11.4 Å². The van der Waals surface area contributed by atoms with Gasteiger partial charge in [-0.2, -0.15) is 4.89 Å². The first-order chi connectivity index (χ1) is 10.6. The van der Waals surface area contributed by atoms with Gasteiger partial charge < -0.3 is 4.74 Å². The minimum atomic E-state index is -0.841. The van der Waals surface area contributed by atoms with Gasteiger partial charge in [-0.1, -0.05) is 60.7 Å². The lowest BCUT2D eigenvalue weighted by molar-refractivity contribution is -0.515. The van der Waals surface area contributed by atoms with Gasteiger partial charge in [0.2, 0.25) is 5.79 Å². The third-order valence-corrected chi connectivity index (χ3v) is 3.85. The topological polar surface area (TPSA) is 27.7 Å². The molecule has 0 bridgehead atoms. The summed E-state index contributed by atoms with van der Waals surface area (Å²) in [5.74, 6) is -0.841. The maximum atomic E-state index is 6.14. The second-order valence-electron chi connectivity index (χ2n) is 6.32. The van der Waals surface area contributed by atoms with Gasteiger partial charge in [0.25, 0.3) is 0 Å². The van der Waals surface area contributed by atoms with Crippen LogP contribution in [-0.2, 0) is 26.7 Å². The molecule has 2 aromatic rings. The highest BCUT2D eigenvalue weighted by atomic mass is 17.2. The first-order valence-corrected chi connectivity index (χ1v) is 7.70. The zero-order valence-corrected chi connectivity index (χ0v) is 13.1. The monoisotopic (exact) mass is 298 g/mol. The van der Waals surface area contributed by atoms with Crippen molar-refractivity contribution in [1.29, 1.82) is 0 Å². The Morgan fingerprint density at radius 2 is 1.50 bits per heavy atom. The summed E-state index contributed by atoms with van der Waals surface area (Å²) in [7, 11) is 0. The molecular weight excluding hydrogens is 276 g/mol. The van der Waals surface area contributed by atoms with E-state index in [0.717, 1.165) is 12.0 Å². The summed E-state index contributed by atoms with van der Waals surface area (Å²) in [6.07, 6.45) is 1.57. The molecular formula is C19H22O3. The van der Waals surface area contributed by atoms with Gasteiger partial charge in [0.05, 0.1) is 6.61 Å². The summed E-state index contributed by atoms with van der Waals surface area (Å²) in [6.45, 7) is 4.41. The van der Waals surface area contributed by atoms with Crippen molar-refractivity contribution in [2.24, 2.45) is 0 Å². The molecule has 0 radical (unpaired) electrons. The zero-order valence-electron chi connectivity index (χ0n) is 13.1. The van der Waals surface area contributed by atoms with Crippen LogP contribution in [0.3, 0.4) is 0 Å². The van der Waals surface area contributed by atoms with Crippen molar-refractivity contribution in [2.75, 3.05) is 6.61 Å². The van der Waals surface area contributed by atoms with Gasteiger partial charge in [-0.15, -0.1) is 0 Å². The highest BCUT2D eigenvalue weighted by Crippen LogP contribution is 2.38. The molecule has 1 aliphatic rings. The van der Waals surface area contributed by atoms with Crippen molar-refractivity contribution in [3.8, 4) is 0 Å². The van der Waals surface area contributed by atoms with Crippen LogP contribution >= 0.6 is 0 Å². The van der Waals surface area contributed by atoms with E-state index in [4.69, 9.17) is 14.5 Å². The SMILES string of the molecule is CC1(C)COC(CCc2ccccc2)(c2ccccc2)OO1. The molecule has 1 fully saturated rings. The Labute approximate surface area is 131 Å². The standard InChI is InChI=1S/C19H22O3/c1-18(2)15-20-19(22-21-18,17-11-7-4-8-12-17)14-13-16-9-5-3-6-10-16/h3-12H,13-15H2,1-2H3. The largest absolute Gasteiger partial charge is 0.341 e.